The zero-order valence-electron chi connectivity index (χ0n) is 16.4. The normalized spacial score (nSPS) is 17.2. The molecule has 148 valence electrons. The third-order valence-corrected chi connectivity index (χ3v) is 6.77. The molecular weight excluding hydrogens is 364 g/mol. The Balaban J connectivity index is 1.85. The molecule has 1 aromatic heterocycles. The molecule has 2 aromatic rings. The van der Waals surface area contributed by atoms with Crippen molar-refractivity contribution < 1.29 is 13.2 Å². The minimum Gasteiger partial charge on any atom is -0.379 e. The first-order valence-corrected chi connectivity index (χ1v) is 10.7. The van der Waals surface area contributed by atoms with Crippen molar-refractivity contribution in [3.63, 3.8) is 0 Å². The van der Waals surface area contributed by atoms with Crippen LogP contribution in [0.25, 0.3) is 0 Å². The fourth-order valence-corrected chi connectivity index (χ4v) is 5.10. The maximum absolute atomic E-state index is 13.0. The van der Waals surface area contributed by atoms with Gasteiger partial charge in [0, 0.05) is 32.7 Å². The molecule has 0 amide bonds. The van der Waals surface area contributed by atoms with Crippen molar-refractivity contribution in [2.75, 3.05) is 32.8 Å². The maximum Gasteiger partial charge on any atom is 0.244 e. The molecule has 7 nitrogen and oxygen atoms in total. The summed E-state index contributed by atoms with van der Waals surface area (Å²) in [6.45, 7) is 8.74. The van der Waals surface area contributed by atoms with E-state index in [1.807, 2.05) is 19.1 Å². The van der Waals surface area contributed by atoms with Gasteiger partial charge in [-0.05, 0) is 26.3 Å². The van der Waals surface area contributed by atoms with E-state index in [9.17, 15) is 8.42 Å². The predicted octanol–water partition coefficient (Wildman–Crippen LogP) is 1.70. The topological polar surface area (TPSA) is 76.5 Å². The van der Waals surface area contributed by atoms with Crippen LogP contribution in [-0.2, 0) is 21.8 Å². The van der Waals surface area contributed by atoms with Crippen LogP contribution in [0.4, 0.5) is 0 Å². The van der Waals surface area contributed by atoms with Crippen LogP contribution >= 0.6 is 0 Å². The van der Waals surface area contributed by atoms with Gasteiger partial charge in [-0.3, -0.25) is 9.58 Å². The van der Waals surface area contributed by atoms with Crippen molar-refractivity contribution in [1.82, 2.24) is 19.4 Å². The van der Waals surface area contributed by atoms with Crippen molar-refractivity contribution in [3.05, 3.63) is 46.8 Å². The molecule has 1 saturated heterocycles. The largest absolute Gasteiger partial charge is 0.379 e. The van der Waals surface area contributed by atoms with Gasteiger partial charge in [-0.2, -0.15) is 5.10 Å². The van der Waals surface area contributed by atoms with E-state index in [2.05, 4.69) is 26.9 Å². The lowest BCUT2D eigenvalue weighted by Gasteiger charge is -2.35. The van der Waals surface area contributed by atoms with Crippen LogP contribution in [0, 0.1) is 20.8 Å². The van der Waals surface area contributed by atoms with Gasteiger partial charge < -0.3 is 4.74 Å². The second-order valence-electron chi connectivity index (χ2n) is 7.05. The smallest absolute Gasteiger partial charge is 0.244 e. The highest BCUT2D eigenvalue weighted by molar-refractivity contribution is 7.89. The van der Waals surface area contributed by atoms with Crippen LogP contribution in [0.1, 0.15) is 28.6 Å². The van der Waals surface area contributed by atoms with Gasteiger partial charge >= 0.3 is 0 Å². The molecule has 8 heteroatoms. The monoisotopic (exact) mass is 392 g/mol. The van der Waals surface area contributed by atoms with Gasteiger partial charge in [-0.15, -0.1) is 0 Å². The van der Waals surface area contributed by atoms with Crippen LogP contribution in [-0.4, -0.2) is 55.9 Å². The number of hydrogen-bond acceptors (Lipinski definition) is 5. The van der Waals surface area contributed by atoms with Gasteiger partial charge in [-0.25, -0.2) is 13.1 Å². The number of benzene rings is 1. The minimum atomic E-state index is -3.64. The molecule has 0 spiro atoms. The van der Waals surface area contributed by atoms with Gasteiger partial charge in [0.1, 0.15) is 4.90 Å². The molecule has 0 unspecified atom stereocenters. The summed E-state index contributed by atoms with van der Waals surface area (Å²) < 4.78 is 35.8. The quantitative estimate of drug-likeness (QED) is 0.810. The van der Waals surface area contributed by atoms with Gasteiger partial charge in [0.2, 0.25) is 10.0 Å². The number of morpholine rings is 1. The Hall–Kier alpha value is -1.74. The molecule has 0 radical (unpaired) electrons. The molecule has 0 saturated carbocycles. The Morgan fingerprint density at radius 2 is 1.93 bits per heavy atom. The van der Waals surface area contributed by atoms with Crippen LogP contribution in [0.15, 0.2) is 29.2 Å². The zero-order chi connectivity index (χ0) is 19.6. The molecule has 1 aliphatic heterocycles. The van der Waals surface area contributed by atoms with E-state index in [0.29, 0.717) is 31.1 Å². The lowest BCUT2D eigenvalue weighted by molar-refractivity contribution is 0.0172. The van der Waals surface area contributed by atoms with Crippen LogP contribution in [0.5, 0.6) is 0 Å². The molecule has 1 fully saturated rings. The van der Waals surface area contributed by atoms with Crippen LogP contribution < -0.4 is 4.72 Å². The fourth-order valence-electron chi connectivity index (χ4n) is 3.63. The van der Waals surface area contributed by atoms with Crippen molar-refractivity contribution in [2.45, 2.75) is 31.7 Å². The van der Waals surface area contributed by atoms with E-state index in [4.69, 9.17) is 4.74 Å². The number of aromatic nitrogens is 2. The van der Waals surface area contributed by atoms with Gasteiger partial charge in [0.25, 0.3) is 0 Å². The maximum atomic E-state index is 13.0. The van der Waals surface area contributed by atoms with Crippen molar-refractivity contribution in [3.8, 4) is 0 Å². The summed E-state index contributed by atoms with van der Waals surface area (Å²) >= 11 is 0. The molecular formula is C19H28N4O3S. The average Bonchev–Trinajstić information content (AvgIpc) is 2.88. The SMILES string of the molecule is Cc1cccc([C@@H](CNS(=O)(=O)c2c(C)nn(C)c2C)N2CCOCC2)c1. The molecule has 0 bridgehead atoms. The second kappa shape index (κ2) is 8.10. The van der Waals surface area contributed by atoms with Gasteiger partial charge in [0.15, 0.2) is 0 Å². The molecule has 1 N–H and O–H groups in total. The number of nitrogens with zero attached hydrogens (tertiary/aromatic N) is 3. The highest BCUT2D eigenvalue weighted by Crippen LogP contribution is 2.24. The molecule has 1 aliphatic rings. The molecule has 27 heavy (non-hydrogen) atoms. The molecule has 0 aliphatic carbocycles. The van der Waals surface area contributed by atoms with E-state index in [1.54, 1.807) is 25.6 Å². The Bertz CT molecular complexity index is 902. The minimum absolute atomic E-state index is 0.0409. The molecule has 1 atom stereocenters. The summed E-state index contributed by atoms with van der Waals surface area (Å²) in [5, 5.41) is 4.23. The second-order valence-corrected chi connectivity index (χ2v) is 8.76. The third-order valence-electron chi connectivity index (χ3n) is 5.09. The Morgan fingerprint density at radius 1 is 1.22 bits per heavy atom. The first-order chi connectivity index (χ1) is 12.8. The number of ether oxygens (including phenoxy) is 1. The molecule has 1 aromatic carbocycles. The molecule has 2 heterocycles. The van der Waals surface area contributed by atoms with Gasteiger partial charge in [-0.1, -0.05) is 29.8 Å². The number of hydrogen-bond donors (Lipinski definition) is 1. The first kappa shape index (κ1) is 20.0. The van der Waals surface area contributed by atoms with Crippen molar-refractivity contribution in [2.24, 2.45) is 7.05 Å². The van der Waals surface area contributed by atoms with E-state index in [1.165, 1.54) is 0 Å². The third kappa shape index (κ3) is 4.40. The van der Waals surface area contributed by atoms with E-state index >= 15 is 0 Å². The Morgan fingerprint density at radius 3 is 2.52 bits per heavy atom. The summed E-state index contributed by atoms with van der Waals surface area (Å²) in [6.07, 6.45) is 0. The number of rotatable bonds is 6. The highest BCUT2D eigenvalue weighted by Gasteiger charge is 2.28. The number of nitrogens with one attached hydrogen (secondary N) is 1. The highest BCUT2D eigenvalue weighted by atomic mass is 32.2. The fraction of sp³-hybridized carbons (Fsp3) is 0.526. The van der Waals surface area contributed by atoms with Gasteiger partial charge in [0.05, 0.1) is 24.6 Å². The Kier molecular flexibility index (Phi) is 6.00. The van der Waals surface area contributed by atoms with E-state index in [0.717, 1.165) is 24.2 Å². The summed E-state index contributed by atoms with van der Waals surface area (Å²) in [4.78, 5) is 2.55. The lowest BCUT2D eigenvalue weighted by Crippen LogP contribution is -2.43. The van der Waals surface area contributed by atoms with Crippen LogP contribution in [0.3, 0.4) is 0 Å². The van der Waals surface area contributed by atoms with Crippen molar-refractivity contribution in [1.29, 1.82) is 0 Å². The van der Waals surface area contributed by atoms with E-state index in [-0.39, 0.29) is 10.9 Å². The molecule has 3 rings (SSSR count). The average molecular weight is 393 g/mol. The summed E-state index contributed by atoms with van der Waals surface area (Å²) in [7, 11) is -1.89. The first-order valence-electron chi connectivity index (χ1n) is 9.18. The van der Waals surface area contributed by atoms with E-state index < -0.39 is 10.0 Å². The standard InChI is InChI=1S/C19H28N4O3S/c1-14-6-5-7-17(12-14)18(23-8-10-26-11-9-23)13-20-27(24,25)19-15(2)21-22(4)16(19)3/h5-7,12,18,20H,8-11,13H2,1-4H3/t18-/m1/s1. The van der Waals surface area contributed by atoms with Crippen molar-refractivity contribution >= 4 is 10.0 Å². The predicted molar refractivity (Wildman–Crippen MR) is 104 cm³/mol. The van der Waals surface area contributed by atoms with Crippen LogP contribution in [0.2, 0.25) is 0 Å². The summed E-state index contributed by atoms with van der Waals surface area (Å²) in [6, 6.07) is 8.20. The summed E-state index contributed by atoms with van der Waals surface area (Å²) in [5.74, 6) is 0. The Labute approximate surface area is 161 Å². The zero-order valence-corrected chi connectivity index (χ0v) is 17.2. The number of sulfonamides is 1. The summed E-state index contributed by atoms with van der Waals surface area (Å²) in [5.41, 5.74) is 3.42. The lowest BCUT2D eigenvalue weighted by atomic mass is 10.0. The number of aryl methyl sites for hydroxylation is 3.